The zero-order chi connectivity index (χ0) is 10.9. The number of nitro groups is 1. The second-order valence-electron chi connectivity index (χ2n) is 2.95. The number of phenolic OH excluding ortho intramolecular Hbond substituents is 1. The number of hydrogen-bond donors (Lipinski definition) is 1. The summed E-state index contributed by atoms with van der Waals surface area (Å²) in [6, 6.07) is 2.26. The van der Waals surface area contributed by atoms with Crippen molar-refractivity contribution in [3.63, 3.8) is 0 Å². The van der Waals surface area contributed by atoms with E-state index < -0.39 is 4.92 Å². The van der Waals surface area contributed by atoms with E-state index in [1.807, 2.05) is 0 Å². The van der Waals surface area contributed by atoms with Gasteiger partial charge >= 0.3 is 0 Å². The first-order valence-corrected chi connectivity index (χ1v) is 3.92. The molecule has 0 amide bonds. The molecule has 0 saturated carbocycles. The number of ketones is 1. The van der Waals surface area contributed by atoms with Crippen molar-refractivity contribution >= 4 is 11.5 Å². The summed E-state index contributed by atoms with van der Waals surface area (Å²) in [6.45, 7) is 2.78. The number of phenols is 1. The van der Waals surface area contributed by atoms with Crippen molar-refractivity contribution in [3.8, 4) is 5.75 Å². The SMILES string of the molecule is CC(=O)c1cc(O)cc([N+](=O)[O-])c1C. The molecule has 0 aliphatic heterocycles. The highest BCUT2D eigenvalue weighted by Gasteiger charge is 2.17. The Morgan fingerprint density at radius 3 is 2.50 bits per heavy atom. The number of carbonyl (C=O) groups is 1. The third-order valence-corrected chi connectivity index (χ3v) is 1.94. The number of benzene rings is 1. The van der Waals surface area contributed by atoms with E-state index in [0.717, 1.165) is 6.07 Å². The van der Waals surface area contributed by atoms with Gasteiger partial charge in [-0.15, -0.1) is 0 Å². The number of rotatable bonds is 2. The third-order valence-electron chi connectivity index (χ3n) is 1.94. The fourth-order valence-corrected chi connectivity index (χ4v) is 1.24. The Kier molecular flexibility index (Phi) is 2.51. The number of hydrogen-bond acceptors (Lipinski definition) is 4. The van der Waals surface area contributed by atoms with Crippen LogP contribution in [0.25, 0.3) is 0 Å². The summed E-state index contributed by atoms with van der Waals surface area (Å²) in [4.78, 5) is 21.0. The molecule has 0 radical (unpaired) electrons. The highest BCUT2D eigenvalue weighted by atomic mass is 16.6. The van der Waals surface area contributed by atoms with E-state index in [4.69, 9.17) is 5.11 Å². The molecule has 0 spiro atoms. The van der Waals surface area contributed by atoms with Gasteiger partial charge in [0.1, 0.15) is 5.75 Å². The smallest absolute Gasteiger partial charge is 0.276 e. The first-order chi connectivity index (χ1) is 6.43. The summed E-state index contributed by atoms with van der Waals surface area (Å²) in [5.41, 5.74) is 0.215. The van der Waals surface area contributed by atoms with Gasteiger partial charge in [0, 0.05) is 11.1 Å². The molecule has 14 heavy (non-hydrogen) atoms. The molecule has 1 aromatic carbocycles. The molecule has 0 saturated heterocycles. The fraction of sp³-hybridized carbons (Fsp3) is 0.222. The summed E-state index contributed by atoms with van der Waals surface area (Å²) in [6.07, 6.45) is 0. The van der Waals surface area contributed by atoms with Crippen LogP contribution in [-0.4, -0.2) is 15.8 Å². The van der Waals surface area contributed by atoms with Crippen LogP contribution in [0.15, 0.2) is 12.1 Å². The minimum atomic E-state index is -0.624. The Balaban J connectivity index is 3.47. The van der Waals surface area contributed by atoms with Gasteiger partial charge in [-0.2, -0.15) is 0 Å². The molecule has 0 fully saturated rings. The Morgan fingerprint density at radius 1 is 1.50 bits per heavy atom. The van der Waals surface area contributed by atoms with Crippen LogP contribution < -0.4 is 0 Å². The Morgan fingerprint density at radius 2 is 2.07 bits per heavy atom. The van der Waals surface area contributed by atoms with Crippen LogP contribution in [0.3, 0.4) is 0 Å². The third kappa shape index (κ3) is 1.71. The van der Waals surface area contributed by atoms with E-state index in [-0.39, 0.29) is 28.3 Å². The molecule has 1 aromatic rings. The van der Waals surface area contributed by atoms with Crippen molar-refractivity contribution in [2.45, 2.75) is 13.8 Å². The summed E-state index contributed by atoms with van der Waals surface area (Å²) in [5.74, 6) is -0.575. The maximum absolute atomic E-state index is 11.1. The van der Waals surface area contributed by atoms with Crippen LogP contribution in [0.1, 0.15) is 22.8 Å². The first kappa shape index (κ1) is 10.2. The number of Topliss-reactive ketones (excluding diaryl/α,β-unsaturated/α-hetero) is 1. The molecule has 0 atom stereocenters. The Hall–Kier alpha value is -1.91. The van der Waals surface area contributed by atoms with Crippen molar-refractivity contribution in [2.24, 2.45) is 0 Å². The maximum atomic E-state index is 11.1. The molecule has 1 N–H and O–H groups in total. The molecule has 0 heterocycles. The number of nitrogens with zero attached hydrogens (tertiary/aromatic N) is 1. The Labute approximate surface area is 80.1 Å². The van der Waals surface area contributed by atoms with Crippen LogP contribution in [-0.2, 0) is 0 Å². The maximum Gasteiger partial charge on any atom is 0.276 e. The fourth-order valence-electron chi connectivity index (χ4n) is 1.24. The molecule has 74 valence electrons. The number of aromatic hydroxyl groups is 1. The Bertz CT molecular complexity index is 376. The summed E-state index contributed by atoms with van der Waals surface area (Å²) < 4.78 is 0. The number of nitro benzene ring substituents is 1. The molecule has 5 heteroatoms. The summed E-state index contributed by atoms with van der Waals surface area (Å²) in [5, 5.41) is 19.7. The van der Waals surface area contributed by atoms with Gasteiger partial charge in [0.05, 0.1) is 11.0 Å². The molecule has 5 nitrogen and oxygen atoms in total. The van der Waals surface area contributed by atoms with Crippen molar-refractivity contribution < 1.29 is 14.8 Å². The number of carbonyl (C=O) groups excluding carboxylic acids is 1. The lowest BCUT2D eigenvalue weighted by Crippen LogP contribution is -2.00. The van der Waals surface area contributed by atoms with Crippen molar-refractivity contribution in [1.82, 2.24) is 0 Å². The van der Waals surface area contributed by atoms with Crippen molar-refractivity contribution in [3.05, 3.63) is 33.4 Å². The lowest BCUT2D eigenvalue weighted by atomic mass is 10.0. The van der Waals surface area contributed by atoms with E-state index >= 15 is 0 Å². The zero-order valence-corrected chi connectivity index (χ0v) is 7.77. The lowest BCUT2D eigenvalue weighted by molar-refractivity contribution is -0.385. The average molecular weight is 195 g/mol. The minimum absolute atomic E-state index is 0.178. The zero-order valence-electron chi connectivity index (χ0n) is 7.77. The molecule has 0 aromatic heterocycles. The average Bonchev–Trinajstić information content (AvgIpc) is 2.07. The van der Waals surface area contributed by atoms with Gasteiger partial charge in [0.25, 0.3) is 5.69 Å². The van der Waals surface area contributed by atoms with Crippen molar-refractivity contribution in [2.75, 3.05) is 0 Å². The lowest BCUT2D eigenvalue weighted by Gasteiger charge is -2.03. The standard InChI is InChI=1S/C9H9NO4/c1-5-8(6(2)11)3-7(12)4-9(5)10(13)14/h3-4,12H,1-2H3. The van der Waals surface area contributed by atoms with Gasteiger partial charge < -0.3 is 5.11 Å². The van der Waals surface area contributed by atoms with Crippen molar-refractivity contribution in [1.29, 1.82) is 0 Å². The van der Waals surface area contributed by atoms with Gasteiger partial charge in [0.2, 0.25) is 0 Å². The van der Waals surface area contributed by atoms with Gasteiger partial charge in [-0.1, -0.05) is 0 Å². The van der Waals surface area contributed by atoms with E-state index in [1.54, 1.807) is 0 Å². The molecule has 0 aliphatic rings. The second-order valence-corrected chi connectivity index (χ2v) is 2.95. The predicted molar refractivity (Wildman–Crippen MR) is 49.5 cm³/mol. The first-order valence-electron chi connectivity index (χ1n) is 3.92. The summed E-state index contributed by atoms with van der Waals surface area (Å²) >= 11 is 0. The highest BCUT2D eigenvalue weighted by molar-refractivity contribution is 5.96. The van der Waals surface area contributed by atoms with E-state index in [1.165, 1.54) is 19.9 Å². The topological polar surface area (TPSA) is 80.4 Å². The van der Waals surface area contributed by atoms with Gasteiger partial charge in [-0.3, -0.25) is 14.9 Å². The van der Waals surface area contributed by atoms with Crippen LogP contribution in [0.4, 0.5) is 5.69 Å². The quantitative estimate of drug-likeness (QED) is 0.443. The molecular formula is C9H9NO4. The van der Waals surface area contributed by atoms with Crippen LogP contribution in [0.2, 0.25) is 0 Å². The van der Waals surface area contributed by atoms with Gasteiger partial charge in [-0.05, 0) is 19.9 Å². The molecule has 0 unspecified atom stereocenters. The molecule has 0 aliphatic carbocycles. The molecule has 0 bridgehead atoms. The minimum Gasteiger partial charge on any atom is -0.508 e. The van der Waals surface area contributed by atoms with Crippen LogP contribution in [0.5, 0.6) is 5.75 Å². The summed E-state index contributed by atoms with van der Waals surface area (Å²) in [7, 11) is 0. The predicted octanol–water partition coefficient (Wildman–Crippen LogP) is 1.81. The van der Waals surface area contributed by atoms with E-state index in [0.29, 0.717) is 0 Å². The van der Waals surface area contributed by atoms with E-state index in [2.05, 4.69) is 0 Å². The van der Waals surface area contributed by atoms with Gasteiger partial charge in [-0.25, -0.2) is 0 Å². The monoisotopic (exact) mass is 195 g/mol. The van der Waals surface area contributed by atoms with Gasteiger partial charge in [0.15, 0.2) is 5.78 Å². The second kappa shape index (κ2) is 3.45. The van der Waals surface area contributed by atoms with Crippen LogP contribution >= 0.6 is 0 Å². The normalized spacial score (nSPS) is 9.86. The highest BCUT2D eigenvalue weighted by Crippen LogP contribution is 2.27. The molecule has 1 rings (SSSR count). The molecular weight excluding hydrogens is 186 g/mol. The van der Waals surface area contributed by atoms with E-state index in [9.17, 15) is 14.9 Å². The van der Waals surface area contributed by atoms with Crippen LogP contribution in [0, 0.1) is 17.0 Å². The largest absolute Gasteiger partial charge is 0.508 e.